The van der Waals surface area contributed by atoms with Crippen molar-refractivity contribution >= 4 is 45.5 Å². The third-order valence-electron chi connectivity index (χ3n) is 7.11. The Hall–Kier alpha value is -3.75. The van der Waals surface area contributed by atoms with Crippen LogP contribution >= 0.6 is 11.6 Å². The number of phenolic OH excluding ortho intramolecular Hbond substituents is 1. The van der Waals surface area contributed by atoms with Gasteiger partial charge in [-0.25, -0.2) is 9.37 Å². The first-order chi connectivity index (χ1) is 18.5. The average Bonchev–Trinajstić information content (AvgIpc) is 3.78. The molecule has 2 aliphatic rings. The first kappa shape index (κ1) is 24.6. The number of benzene rings is 2. The van der Waals surface area contributed by atoms with E-state index >= 15 is 0 Å². The quantitative estimate of drug-likeness (QED) is 0.208. The Bertz CT molecular complexity index is 1490. The van der Waals surface area contributed by atoms with Crippen molar-refractivity contribution in [3.05, 3.63) is 71.3 Å². The number of Topliss-reactive ketones (excluding diaryl/α,β-unsaturated/α-hetero) is 1. The van der Waals surface area contributed by atoms with Crippen molar-refractivity contribution in [2.24, 2.45) is 5.92 Å². The van der Waals surface area contributed by atoms with Crippen LogP contribution in [0.1, 0.15) is 36.0 Å². The fourth-order valence-corrected chi connectivity index (χ4v) is 5.08. The molecule has 2 aromatic carbocycles. The third kappa shape index (κ3) is 5.01. The summed E-state index contributed by atoms with van der Waals surface area (Å²) in [6.07, 6.45) is 7.36. The minimum absolute atomic E-state index is 0.0109. The molecule has 2 fully saturated rings. The van der Waals surface area contributed by atoms with Gasteiger partial charge in [-0.1, -0.05) is 17.7 Å². The van der Waals surface area contributed by atoms with Crippen molar-refractivity contribution in [3.63, 3.8) is 0 Å². The third-order valence-corrected chi connectivity index (χ3v) is 7.40. The zero-order valence-corrected chi connectivity index (χ0v) is 21.4. The molecule has 4 aromatic rings. The fourth-order valence-electron chi connectivity index (χ4n) is 4.87. The molecular formula is C29H27ClFN5O2. The van der Waals surface area contributed by atoms with E-state index in [1.807, 2.05) is 30.3 Å². The van der Waals surface area contributed by atoms with Crippen LogP contribution in [0.25, 0.3) is 22.0 Å². The van der Waals surface area contributed by atoms with E-state index in [2.05, 4.69) is 25.9 Å². The van der Waals surface area contributed by atoms with Crippen LogP contribution in [-0.2, 0) is 0 Å². The molecule has 0 amide bonds. The number of hydrogen-bond donors (Lipinski definition) is 4. The largest absolute Gasteiger partial charge is 0.504 e. The molecular weight excluding hydrogens is 505 g/mol. The number of carbonyl (C=O) groups is 1. The normalized spacial score (nSPS) is 17.4. The molecule has 1 unspecified atom stereocenters. The number of fused-ring (bicyclic) bond motifs is 1. The number of halogens is 2. The van der Waals surface area contributed by atoms with Crippen LogP contribution in [0.5, 0.6) is 5.75 Å². The summed E-state index contributed by atoms with van der Waals surface area (Å²) < 4.78 is 14.2. The average molecular weight is 532 g/mol. The highest BCUT2D eigenvalue weighted by Gasteiger charge is 2.32. The van der Waals surface area contributed by atoms with Gasteiger partial charge in [0.2, 0.25) is 0 Å². The number of nitrogens with one attached hydrogen (secondary N) is 3. The van der Waals surface area contributed by atoms with Gasteiger partial charge in [0.15, 0.2) is 17.3 Å². The summed E-state index contributed by atoms with van der Waals surface area (Å²) >= 11 is 6.03. The van der Waals surface area contributed by atoms with Crippen LogP contribution in [0.3, 0.4) is 0 Å². The van der Waals surface area contributed by atoms with Gasteiger partial charge in [0, 0.05) is 30.1 Å². The lowest BCUT2D eigenvalue weighted by Crippen LogP contribution is -2.38. The van der Waals surface area contributed by atoms with Gasteiger partial charge in [-0.15, -0.1) is 0 Å². The monoisotopic (exact) mass is 531 g/mol. The Morgan fingerprint density at radius 1 is 1.05 bits per heavy atom. The van der Waals surface area contributed by atoms with E-state index in [-0.39, 0.29) is 16.7 Å². The Morgan fingerprint density at radius 3 is 2.63 bits per heavy atom. The summed E-state index contributed by atoms with van der Waals surface area (Å²) in [7, 11) is 0. The van der Waals surface area contributed by atoms with Gasteiger partial charge in [0.05, 0.1) is 33.7 Å². The van der Waals surface area contributed by atoms with Gasteiger partial charge < -0.3 is 21.1 Å². The molecule has 9 heteroatoms. The Kier molecular flexibility index (Phi) is 6.59. The van der Waals surface area contributed by atoms with Crippen LogP contribution in [0.2, 0.25) is 5.02 Å². The van der Waals surface area contributed by atoms with Crippen LogP contribution in [0.15, 0.2) is 54.9 Å². The molecule has 0 bridgehead atoms. The predicted molar refractivity (Wildman–Crippen MR) is 148 cm³/mol. The number of hydrogen-bond acceptors (Lipinski definition) is 7. The number of phenols is 1. The molecule has 1 atom stereocenters. The minimum atomic E-state index is -0.800. The molecule has 6 rings (SSSR count). The Balaban J connectivity index is 1.37. The van der Waals surface area contributed by atoms with Gasteiger partial charge >= 0.3 is 0 Å². The van der Waals surface area contributed by atoms with Crippen molar-refractivity contribution in [1.29, 1.82) is 0 Å². The van der Waals surface area contributed by atoms with Crippen molar-refractivity contribution < 1.29 is 14.3 Å². The maximum absolute atomic E-state index is 14.2. The molecule has 0 radical (unpaired) electrons. The molecule has 1 aliphatic heterocycles. The van der Waals surface area contributed by atoms with E-state index in [9.17, 15) is 14.3 Å². The molecule has 1 saturated carbocycles. The standard InChI is InChI=1S/C29H27ClFN5O2/c30-23-11-18(12-24(31)29(23)38)17-5-7-25-21(10-17)27(22(15-33-25)28(37)16-3-4-16)36-20-6-8-26(34-14-20)35-19-2-1-9-32-13-19/h5-8,10-12,14-16,19,32,38H,1-4,9,13H2,(H,33,36)(H,34,35). The van der Waals surface area contributed by atoms with E-state index in [0.29, 0.717) is 39.3 Å². The van der Waals surface area contributed by atoms with Crippen LogP contribution in [0.4, 0.5) is 21.6 Å². The van der Waals surface area contributed by atoms with Gasteiger partial charge in [-0.2, -0.15) is 0 Å². The summed E-state index contributed by atoms with van der Waals surface area (Å²) in [4.78, 5) is 22.3. The smallest absolute Gasteiger partial charge is 0.170 e. The molecule has 194 valence electrons. The first-order valence-corrected chi connectivity index (χ1v) is 13.2. The highest BCUT2D eigenvalue weighted by molar-refractivity contribution is 6.32. The highest BCUT2D eigenvalue weighted by atomic mass is 35.5. The van der Waals surface area contributed by atoms with Crippen molar-refractivity contribution in [2.75, 3.05) is 23.7 Å². The zero-order valence-electron chi connectivity index (χ0n) is 20.6. The topological polar surface area (TPSA) is 99.2 Å². The summed E-state index contributed by atoms with van der Waals surface area (Å²) in [6.45, 7) is 1.96. The molecule has 3 heterocycles. The van der Waals surface area contributed by atoms with Crippen LogP contribution in [0, 0.1) is 11.7 Å². The second kappa shape index (κ2) is 10.2. The van der Waals surface area contributed by atoms with E-state index in [4.69, 9.17) is 11.6 Å². The van der Waals surface area contributed by atoms with Crippen molar-refractivity contribution in [1.82, 2.24) is 15.3 Å². The molecule has 1 saturated heterocycles. The lowest BCUT2D eigenvalue weighted by atomic mass is 9.98. The second-order valence-electron chi connectivity index (χ2n) is 9.95. The number of piperidine rings is 1. The van der Waals surface area contributed by atoms with Crippen LogP contribution < -0.4 is 16.0 Å². The molecule has 7 nitrogen and oxygen atoms in total. The number of ketones is 1. The number of pyridine rings is 2. The maximum atomic E-state index is 14.2. The minimum Gasteiger partial charge on any atom is -0.504 e. The highest BCUT2D eigenvalue weighted by Crippen LogP contribution is 2.39. The summed E-state index contributed by atoms with van der Waals surface area (Å²) in [6, 6.07) is 12.4. The maximum Gasteiger partial charge on any atom is 0.170 e. The van der Waals surface area contributed by atoms with E-state index in [1.165, 1.54) is 12.1 Å². The lowest BCUT2D eigenvalue weighted by molar-refractivity contribution is 0.0968. The van der Waals surface area contributed by atoms with Gasteiger partial charge in [-0.05, 0) is 79.8 Å². The van der Waals surface area contributed by atoms with Gasteiger partial charge in [-0.3, -0.25) is 9.78 Å². The zero-order chi connectivity index (χ0) is 26.2. The molecule has 4 N–H and O–H groups in total. The SMILES string of the molecule is O=C(c1cnc2ccc(-c3cc(F)c(O)c(Cl)c3)cc2c1Nc1ccc(NC2CCCNC2)nc1)C1CC1. The molecule has 0 spiro atoms. The second-order valence-corrected chi connectivity index (χ2v) is 10.4. The fraction of sp³-hybridized carbons (Fsp3) is 0.276. The number of nitrogens with zero attached hydrogens (tertiary/aromatic N) is 2. The summed E-state index contributed by atoms with van der Waals surface area (Å²) in [5.74, 6) is -0.515. The predicted octanol–water partition coefficient (Wildman–Crippen LogP) is 6.30. The van der Waals surface area contributed by atoms with E-state index in [0.717, 1.165) is 50.3 Å². The number of carbonyl (C=O) groups excluding carboxylic acids is 1. The van der Waals surface area contributed by atoms with Crippen LogP contribution in [-0.4, -0.2) is 40.0 Å². The van der Waals surface area contributed by atoms with Crippen molar-refractivity contribution in [3.8, 4) is 16.9 Å². The molecule has 1 aliphatic carbocycles. The Labute approximate surface area is 224 Å². The lowest BCUT2D eigenvalue weighted by Gasteiger charge is -2.24. The number of rotatable bonds is 7. The van der Waals surface area contributed by atoms with Crippen molar-refractivity contribution in [2.45, 2.75) is 31.7 Å². The van der Waals surface area contributed by atoms with Gasteiger partial charge in [0.25, 0.3) is 0 Å². The van der Waals surface area contributed by atoms with E-state index < -0.39 is 11.6 Å². The number of anilines is 3. The van der Waals surface area contributed by atoms with E-state index in [1.54, 1.807) is 12.4 Å². The number of aromatic hydroxyl groups is 1. The molecule has 38 heavy (non-hydrogen) atoms. The molecule has 2 aromatic heterocycles. The summed E-state index contributed by atoms with van der Waals surface area (Å²) in [5.41, 5.74) is 3.76. The first-order valence-electron chi connectivity index (χ1n) is 12.8. The summed E-state index contributed by atoms with van der Waals surface area (Å²) in [5, 5.41) is 20.7. The number of aromatic nitrogens is 2. The Morgan fingerprint density at radius 2 is 1.92 bits per heavy atom. The van der Waals surface area contributed by atoms with Gasteiger partial charge in [0.1, 0.15) is 5.82 Å².